The molecule has 3 atom stereocenters. The Morgan fingerprint density at radius 3 is 2.61 bits per heavy atom. The summed E-state index contributed by atoms with van der Waals surface area (Å²) in [4.78, 5) is 18.8. The van der Waals surface area contributed by atoms with Crippen LogP contribution < -0.4 is 14.4 Å². The molecule has 0 bridgehead atoms. The van der Waals surface area contributed by atoms with E-state index in [2.05, 4.69) is 15.8 Å². The van der Waals surface area contributed by atoms with Gasteiger partial charge >= 0.3 is 6.01 Å². The van der Waals surface area contributed by atoms with Crippen LogP contribution in [0.1, 0.15) is 76.7 Å². The number of aromatic nitrogens is 3. The first kappa shape index (κ1) is 35.4. The Morgan fingerprint density at radius 1 is 1.04 bits per heavy atom. The zero-order valence-corrected chi connectivity index (χ0v) is 31.0. The molecular formula is C42H47F2N5O5. The average molecular weight is 740 g/mol. The molecule has 54 heavy (non-hydrogen) atoms. The van der Waals surface area contributed by atoms with Crippen LogP contribution in [-0.2, 0) is 4.74 Å². The summed E-state index contributed by atoms with van der Waals surface area (Å²) in [6, 6.07) is 6.50. The molecule has 10 nitrogen and oxygen atoms in total. The van der Waals surface area contributed by atoms with Gasteiger partial charge in [0.25, 0.3) is 0 Å². The minimum absolute atomic E-state index is 0.00465. The number of piperidine rings is 1. The fourth-order valence-corrected chi connectivity index (χ4v) is 10.5. The summed E-state index contributed by atoms with van der Waals surface area (Å²) in [5, 5.41) is 22.7. The van der Waals surface area contributed by atoms with E-state index >= 15 is 8.78 Å². The molecule has 3 unspecified atom stereocenters. The Balaban J connectivity index is 1.16. The van der Waals surface area contributed by atoms with E-state index in [9.17, 15) is 10.2 Å². The Morgan fingerprint density at radius 2 is 1.85 bits per heavy atom. The van der Waals surface area contributed by atoms with E-state index in [1.54, 1.807) is 6.92 Å². The van der Waals surface area contributed by atoms with Gasteiger partial charge in [0.1, 0.15) is 39.6 Å². The van der Waals surface area contributed by atoms with Crippen LogP contribution >= 0.6 is 0 Å². The Hall–Kier alpha value is -4.31. The lowest BCUT2D eigenvalue weighted by Crippen LogP contribution is -2.61. The number of likely N-dealkylation sites (tertiary alicyclic amines) is 1. The molecule has 4 aromatic rings. The number of phenols is 1. The summed E-state index contributed by atoms with van der Waals surface area (Å²) in [6.07, 6.45) is 18.0. The topological polar surface area (TPSA) is 113 Å². The quantitative estimate of drug-likeness (QED) is 0.198. The predicted octanol–water partition coefficient (Wildman–Crippen LogP) is 6.75. The lowest BCUT2D eigenvalue weighted by Gasteiger charge is -2.60. The SMILES string of the molecule is C#Cc1c(F)ccc2cc(O)cc(-c3nc(OC)c4c(N5CCOCC(C)(O)C5)nc(OCC56CCCC5N(C5CC7(CCC7)C5)CCC6)nc4c3F)c12. The van der Waals surface area contributed by atoms with Gasteiger partial charge in [-0.15, -0.1) is 6.42 Å². The summed E-state index contributed by atoms with van der Waals surface area (Å²) in [5.74, 6) is 1.01. The van der Waals surface area contributed by atoms with Crippen molar-refractivity contribution in [3.8, 4) is 41.2 Å². The molecule has 4 heterocycles. The zero-order valence-electron chi connectivity index (χ0n) is 31.0. The molecule has 3 aliphatic carbocycles. The van der Waals surface area contributed by atoms with Gasteiger partial charge in [0.15, 0.2) is 5.82 Å². The van der Waals surface area contributed by atoms with E-state index in [4.69, 9.17) is 30.6 Å². The molecule has 2 aliphatic heterocycles. The number of β-amino-alcohol motifs (C(OH)–C–C–N with tert-alkyl or cyclic N) is 1. The Labute approximate surface area is 313 Å². The summed E-state index contributed by atoms with van der Waals surface area (Å²) in [7, 11) is 1.41. The van der Waals surface area contributed by atoms with E-state index in [-0.39, 0.29) is 75.1 Å². The number of nitrogens with zero attached hydrogens (tertiary/aromatic N) is 5. The molecule has 0 amide bonds. The normalized spacial score (nSPS) is 27.0. The number of pyridine rings is 1. The number of fused-ring (bicyclic) bond motifs is 3. The summed E-state index contributed by atoms with van der Waals surface area (Å²) < 4.78 is 50.6. The fraction of sp³-hybridized carbons (Fsp3) is 0.548. The fourth-order valence-electron chi connectivity index (χ4n) is 10.5. The van der Waals surface area contributed by atoms with Gasteiger partial charge in [-0.1, -0.05) is 24.8 Å². The molecule has 9 rings (SSSR count). The van der Waals surface area contributed by atoms with Crippen LogP contribution in [0.25, 0.3) is 32.9 Å². The smallest absolute Gasteiger partial charge is 0.319 e. The monoisotopic (exact) mass is 739 g/mol. The minimum Gasteiger partial charge on any atom is -0.508 e. The van der Waals surface area contributed by atoms with Gasteiger partial charge in [0.2, 0.25) is 5.88 Å². The van der Waals surface area contributed by atoms with Crippen molar-refractivity contribution in [2.45, 2.75) is 88.8 Å². The summed E-state index contributed by atoms with van der Waals surface area (Å²) >= 11 is 0. The third kappa shape index (κ3) is 5.82. The lowest BCUT2D eigenvalue weighted by molar-refractivity contribution is -0.106. The first-order chi connectivity index (χ1) is 26.0. The molecule has 2 N–H and O–H groups in total. The van der Waals surface area contributed by atoms with Gasteiger partial charge in [0, 0.05) is 35.0 Å². The number of terminal acetylenes is 1. The van der Waals surface area contributed by atoms with Crippen molar-refractivity contribution in [3.63, 3.8) is 0 Å². The van der Waals surface area contributed by atoms with Gasteiger partial charge < -0.3 is 29.3 Å². The van der Waals surface area contributed by atoms with Crippen molar-refractivity contribution in [1.29, 1.82) is 0 Å². The highest BCUT2D eigenvalue weighted by molar-refractivity contribution is 6.04. The molecule has 0 radical (unpaired) electrons. The van der Waals surface area contributed by atoms with E-state index in [0.29, 0.717) is 42.6 Å². The van der Waals surface area contributed by atoms with Crippen molar-refractivity contribution in [2.24, 2.45) is 10.8 Å². The summed E-state index contributed by atoms with van der Waals surface area (Å²) in [5.41, 5.74) is -1.05. The number of anilines is 1. The third-order valence-electron chi connectivity index (χ3n) is 13.2. The van der Waals surface area contributed by atoms with Gasteiger partial charge in [-0.3, -0.25) is 4.90 Å². The average Bonchev–Trinajstić information content (AvgIpc) is 3.47. The Bertz CT molecular complexity index is 2180. The highest BCUT2D eigenvalue weighted by atomic mass is 19.1. The number of rotatable bonds is 7. The third-order valence-corrected chi connectivity index (χ3v) is 13.2. The minimum atomic E-state index is -1.23. The van der Waals surface area contributed by atoms with Gasteiger partial charge in [-0.25, -0.2) is 13.8 Å². The molecule has 3 saturated carbocycles. The number of aliphatic hydroxyl groups is 1. The van der Waals surface area contributed by atoms with Crippen molar-refractivity contribution in [2.75, 3.05) is 51.5 Å². The van der Waals surface area contributed by atoms with Crippen LogP contribution in [0.4, 0.5) is 14.6 Å². The molecule has 2 aromatic heterocycles. The van der Waals surface area contributed by atoms with Gasteiger partial charge in [0.05, 0.1) is 39.0 Å². The van der Waals surface area contributed by atoms with Crippen LogP contribution in [0.3, 0.4) is 0 Å². The molecule has 5 fully saturated rings. The Kier molecular flexibility index (Phi) is 8.63. The number of ether oxygens (including phenoxy) is 3. The second kappa shape index (κ2) is 13.2. The van der Waals surface area contributed by atoms with Gasteiger partial charge in [-0.2, -0.15) is 9.97 Å². The lowest BCUT2D eigenvalue weighted by atomic mass is 9.53. The summed E-state index contributed by atoms with van der Waals surface area (Å²) in [6.45, 7) is 4.10. The number of hydrogen-bond donors (Lipinski definition) is 2. The number of halogens is 2. The second-order valence-electron chi connectivity index (χ2n) is 16.8. The van der Waals surface area contributed by atoms with E-state index in [0.717, 1.165) is 38.6 Å². The number of hydrogen-bond acceptors (Lipinski definition) is 10. The van der Waals surface area contributed by atoms with Crippen molar-refractivity contribution in [3.05, 3.63) is 41.5 Å². The van der Waals surface area contributed by atoms with Crippen LogP contribution in [0, 0.1) is 34.8 Å². The molecule has 12 heteroatoms. The number of benzene rings is 2. The highest BCUT2D eigenvalue weighted by Crippen LogP contribution is 2.60. The van der Waals surface area contributed by atoms with Crippen LogP contribution in [0.2, 0.25) is 0 Å². The zero-order chi connectivity index (χ0) is 37.4. The standard InChI is InChI=1S/C42H47F2N5O5/c1-4-28-30(43)10-9-25-18-27(50)19-29(32(25)28)35-34(44)36-33(38(45-35)52-3)37(48-16-17-53-23-40(2,51)22-48)47-39(46-36)54-24-42-13-5-8-31(42)49(15-7-14-42)26-20-41(21-26)11-6-12-41/h1,9-10,18-19,26,31,50-51H,5-8,11-17,20-24H2,2-3H3. The molecular weight excluding hydrogens is 692 g/mol. The van der Waals surface area contributed by atoms with Crippen LogP contribution in [-0.4, -0.2) is 94.3 Å². The first-order valence-corrected chi connectivity index (χ1v) is 19.3. The maximum Gasteiger partial charge on any atom is 0.319 e. The molecule has 1 spiro atoms. The maximum atomic E-state index is 17.3. The largest absolute Gasteiger partial charge is 0.508 e. The maximum absolute atomic E-state index is 17.3. The predicted molar refractivity (Wildman–Crippen MR) is 201 cm³/mol. The van der Waals surface area contributed by atoms with E-state index in [1.165, 1.54) is 63.5 Å². The molecule has 284 valence electrons. The highest BCUT2D eigenvalue weighted by Gasteiger charge is 2.56. The van der Waals surface area contributed by atoms with Crippen molar-refractivity contribution < 1.29 is 33.2 Å². The van der Waals surface area contributed by atoms with E-state index < -0.39 is 17.2 Å². The van der Waals surface area contributed by atoms with E-state index in [1.807, 2.05) is 4.90 Å². The van der Waals surface area contributed by atoms with Crippen molar-refractivity contribution in [1.82, 2.24) is 19.9 Å². The molecule has 5 aliphatic rings. The molecule has 2 saturated heterocycles. The van der Waals surface area contributed by atoms with Gasteiger partial charge in [-0.05, 0) is 93.8 Å². The number of phenolic OH excluding ortho intramolecular Hbond substituents is 1. The van der Waals surface area contributed by atoms with Crippen LogP contribution in [0.15, 0.2) is 24.3 Å². The van der Waals surface area contributed by atoms with Crippen LogP contribution in [0.5, 0.6) is 17.6 Å². The second-order valence-corrected chi connectivity index (χ2v) is 16.8. The number of aromatic hydroxyl groups is 1. The first-order valence-electron chi connectivity index (χ1n) is 19.3. The van der Waals surface area contributed by atoms with Crippen molar-refractivity contribution >= 4 is 27.5 Å². The molecule has 2 aromatic carbocycles. The number of methoxy groups -OCH3 is 1.